The monoisotopic (exact) mass is 764 g/mol. The number of aryl methyl sites for hydroxylation is 1. The second-order valence-electron chi connectivity index (χ2n) is 14.7. The predicted octanol–water partition coefficient (Wildman–Crippen LogP) is 7.01. The molecule has 1 saturated heterocycles. The second-order valence-corrected chi connectivity index (χ2v) is 16.3. The second kappa shape index (κ2) is 18.1. The van der Waals surface area contributed by atoms with Crippen LogP contribution in [0, 0.1) is 12.3 Å². The number of halogens is 2. The van der Waals surface area contributed by atoms with Crippen molar-refractivity contribution in [2.45, 2.75) is 135 Å². The van der Waals surface area contributed by atoms with E-state index in [4.69, 9.17) is 4.74 Å². The van der Waals surface area contributed by atoms with Crippen molar-refractivity contribution in [3.63, 3.8) is 0 Å². The molecule has 9 nitrogen and oxygen atoms in total. The number of nitrogens with one attached hydrogen (secondary N) is 2. The number of aromatic nitrogens is 1. The Bertz CT molecular complexity index is 1410. The Morgan fingerprint density at radius 3 is 2.35 bits per heavy atom. The van der Waals surface area contributed by atoms with Crippen LogP contribution in [0.15, 0.2) is 23.7 Å². The Balaban J connectivity index is 1.38. The summed E-state index contributed by atoms with van der Waals surface area (Å²) in [5.74, 6) is -1.03. The standard InChI is InChI=1S/C37H54BrFN4O5S/c1-25-31(49-24-41-25)26-14-15-27(30(20-26)48-19-13-11-9-7-5-6-8-10-12-18-38)22-40-33(45)29-21-28(44)23-43(29)34(46)32(36(2,3)4)42-35(47)37(39)16-17-37/h14-15,20,24,28-29,32,44H,5-13,16-19,21-23H2,1-4H3,(H,40,45)(H,42,47)/t28?,29?,32-/m1/s1. The minimum atomic E-state index is -1.94. The number of hydrogen-bond donors (Lipinski definition) is 3. The van der Waals surface area contributed by atoms with E-state index in [1.807, 2.05) is 30.6 Å². The number of amides is 3. The summed E-state index contributed by atoms with van der Waals surface area (Å²) in [7, 11) is 0. The molecule has 2 unspecified atom stereocenters. The predicted molar refractivity (Wildman–Crippen MR) is 196 cm³/mol. The molecule has 0 spiro atoms. The van der Waals surface area contributed by atoms with E-state index in [9.17, 15) is 23.9 Å². The SMILES string of the molecule is Cc1ncsc1-c1ccc(CNC(=O)C2CC(O)CN2C(=O)[C@@H](NC(=O)C2(F)CC2)C(C)(C)C)c(OCCCCCCCCCCCBr)c1. The highest BCUT2D eigenvalue weighted by atomic mass is 79.9. The number of ether oxygens (including phenoxy) is 1. The Morgan fingerprint density at radius 1 is 1.10 bits per heavy atom. The van der Waals surface area contributed by atoms with Crippen LogP contribution >= 0.6 is 27.3 Å². The van der Waals surface area contributed by atoms with Gasteiger partial charge in [-0.15, -0.1) is 11.3 Å². The number of likely N-dealkylation sites (tertiary alicyclic amines) is 1. The number of carbonyl (C=O) groups excluding carboxylic acids is 3. The van der Waals surface area contributed by atoms with Gasteiger partial charge < -0.3 is 25.4 Å². The number of nitrogens with zero attached hydrogens (tertiary/aromatic N) is 2. The molecule has 3 atom stereocenters. The summed E-state index contributed by atoms with van der Waals surface area (Å²) < 4.78 is 20.8. The lowest BCUT2D eigenvalue weighted by Gasteiger charge is -2.35. The molecular formula is C37H54BrFN4O5S. The Kier molecular flexibility index (Phi) is 14.5. The first-order valence-corrected chi connectivity index (χ1v) is 19.8. The number of aliphatic hydroxyl groups excluding tert-OH is 1. The highest BCUT2D eigenvalue weighted by Crippen LogP contribution is 2.40. The summed E-state index contributed by atoms with van der Waals surface area (Å²) in [5, 5.41) is 17.2. The van der Waals surface area contributed by atoms with Gasteiger partial charge in [-0.05, 0) is 49.7 Å². The van der Waals surface area contributed by atoms with Gasteiger partial charge in [-0.2, -0.15) is 0 Å². The summed E-state index contributed by atoms with van der Waals surface area (Å²) in [6, 6.07) is 3.95. The number of rotatable bonds is 19. The molecule has 1 aromatic heterocycles. The zero-order chi connectivity index (χ0) is 35.6. The van der Waals surface area contributed by atoms with Crippen LogP contribution in [0.2, 0.25) is 0 Å². The number of thiazole rings is 1. The summed E-state index contributed by atoms with van der Waals surface area (Å²) in [6.07, 6.45) is 10.3. The van der Waals surface area contributed by atoms with Crippen LogP contribution in [-0.4, -0.2) is 75.1 Å². The van der Waals surface area contributed by atoms with E-state index in [0.717, 1.165) is 39.9 Å². The summed E-state index contributed by atoms with van der Waals surface area (Å²) in [5.41, 5.74) is 1.88. The van der Waals surface area contributed by atoms with Crippen LogP contribution in [0.4, 0.5) is 4.39 Å². The first-order chi connectivity index (χ1) is 23.3. The molecule has 1 saturated carbocycles. The van der Waals surface area contributed by atoms with E-state index >= 15 is 0 Å². The summed E-state index contributed by atoms with van der Waals surface area (Å²) in [4.78, 5) is 46.8. The molecule has 1 aliphatic carbocycles. The van der Waals surface area contributed by atoms with Crippen molar-refractivity contribution in [1.82, 2.24) is 20.5 Å². The lowest BCUT2D eigenvalue weighted by Crippen LogP contribution is -2.59. The molecule has 4 rings (SSSR count). The van der Waals surface area contributed by atoms with Crippen LogP contribution in [0.3, 0.4) is 0 Å². The summed E-state index contributed by atoms with van der Waals surface area (Å²) in [6.45, 7) is 8.00. The van der Waals surface area contributed by atoms with Crippen molar-refractivity contribution >= 4 is 45.0 Å². The average molecular weight is 766 g/mol. The van der Waals surface area contributed by atoms with Crippen LogP contribution in [0.1, 0.15) is 109 Å². The number of β-amino-alcohol motifs (C(OH)–C–C–N with tert-alkyl or cyclic N) is 1. The number of unbranched alkanes of at least 4 members (excludes halogenated alkanes) is 8. The number of carbonyl (C=O) groups is 3. The first-order valence-electron chi connectivity index (χ1n) is 17.8. The topological polar surface area (TPSA) is 121 Å². The minimum Gasteiger partial charge on any atom is -0.493 e. The molecule has 0 radical (unpaired) electrons. The maximum atomic E-state index is 14.5. The average Bonchev–Trinajstić information content (AvgIpc) is 3.47. The fraction of sp³-hybridized carbons (Fsp3) is 0.676. The normalized spacial score (nSPS) is 19.0. The Morgan fingerprint density at radius 2 is 1.76 bits per heavy atom. The van der Waals surface area contributed by atoms with Crippen molar-refractivity contribution in [3.05, 3.63) is 35.0 Å². The highest BCUT2D eigenvalue weighted by molar-refractivity contribution is 9.09. The van der Waals surface area contributed by atoms with E-state index in [0.29, 0.717) is 12.4 Å². The third-order valence-corrected chi connectivity index (χ3v) is 11.0. The van der Waals surface area contributed by atoms with Crippen LogP contribution in [0.5, 0.6) is 5.75 Å². The van der Waals surface area contributed by atoms with Gasteiger partial charge in [-0.3, -0.25) is 14.4 Å². The van der Waals surface area contributed by atoms with Gasteiger partial charge in [0.25, 0.3) is 5.91 Å². The van der Waals surface area contributed by atoms with Crippen molar-refractivity contribution in [2.75, 3.05) is 18.5 Å². The first kappa shape index (κ1) is 39.2. The fourth-order valence-corrected chi connectivity index (χ4v) is 7.39. The molecule has 3 N–H and O–H groups in total. The molecule has 12 heteroatoms. The lowest BCUT2D eigenvalue weighted by atomic mass is 9.85. The molecule has 2 heterocycles. The van der Waals surface area contributed by atoms with Gasteiger partial charge in [0.2, 0.25) is 11.8 Å². The Hall–Kier alpha value is -2.57. The number of aliphatic hydroxyl groups is 1. The molecule has 2 fully saturated rings. The van der Waals surface area contributed by atoms with Gasteiger partial charge in [-0.1, -0.05) is 93.8 Å². The molecule has 1 aliphatic heterocycles. The van der Waals surface area contributed by atoms with Gasteiger partial charge in [-0.25, -0.2) is 9.37 Å². The van der Waals surface area contributed by atoms with Gasteiger partial charge in [0.15, 0.2) is 5.67 Å². The van der Waals surface area contributed by atoms with Crippen LogP contribution in [-0.2, 0) is 20.9 Å². The third-order valence-electron chi connectivity index (χ3n) is 9.41. The summed E-state index contributed by atoms with van der Waals surface area (Å²) >= 11 is 5.06. The largest absolute Gasteiger partial charge is 0.493 e. The van der Waals surface area contributed by atoms with Gasteiger partial charge in [0, 0.05) is 30.4 Å². The Labute approximate surface area is 303 Å². The number of hydrogen-bond acceptors (Lipinski definition) is 7. The molecule has 0 bridgehead atoms. The van der Waals surface area contributed by atoms with Gasteiger partial charge in [0.05, 0.1) is 28.8 Å². The van der Waals surface area contributed by atoms with Crippen molar-refractivity contribution < 1.29 is 28.6 Å². The van der Waals surface area contributed by atoms with Gasteiger partial charge >= 0.3 is 0 Å². The third kappa shape index (κ3) is 11.2. The number of benzene rings is 1. The van der Waals surface area contributed by atoms with Crippen molar-refractivity contribution in [2.24, 2.45) is 5.41 Å². The van der Waals surface area contributed by atoms with Crippen LogP contribution < -0.4 is 15.4 Å². The van der Waals surface area contributed by atoms with Crippen molar-refractivity contribution in [1.29, 1.82) is 0 Å². The fourth-order valence-electron chi connectivity index (χ4n) is 6.19. The van der Waals surface area contributed by atoms with E-state index < -0.39 is 47.0 Å². The molecule has 2 aliphatic rings. The van der Waals surface area contributed by atoms with E-state index in [1.165, 1.54) is 49.8 Å². The molecule has 2 aromatic rings. The van der Waals surface area contributed by atoms with E-state index in [2.05, 4.69) is 31.5 Å². The molecule has 1 aromatic carbocycles. The molecule has 49 heavy (non-hydrogen) atoms. The molecular weight excluding hydrogens is 711 g/mol. The van der Waals surface area contributed by atoms with Crippen LogP contribution in [0.25, 0.3) is 10.4 Å². The smallest absolute Gasteiger partial charge is 0.258 e. The zero-order valence-corrected chi connectivity index (χ0v) is 31.9. The minimum absolute atomic E-state index is 0.0471. The molecule has 272 valence electrons. The quantitative estimate of drug-likeness (QED) is 0.105. The highest BCUT2D eigenvalue weighted by Gasteiger charge is 2.53. The van der Waals surface area contributed by atoms with E-state index in [-0.39, 0.29) is 32.4 Å². The number of alkyl halides is 2. The zero-order valence-electron chi connectivity index (χ0n) is 29.5. The van der Waals surface area contributed by atoms with E-state index in [1.54, 1.807) is 32.1 Å². The van der Waals surface area contributed by atoms with Gasteiger partial charge in [0.1, 0.15) is 17.8 Å². The lowest BCUT2D eigenvalue weighted by molar-refractivity contribution is -0.145. The maximum Gasteiger partial charge on any atom is 0.258 e. The maximum absolute atomic E-state index is 14.5. The molecule has 3 amide bonds. The van der Waals surface area contributed by atoms with Crippen molar-refractivity contribution in [3.8, 4) is 16.2 Å².